The van der Waals surface area contributed by atoms with Crippen LogP contribution in [0.1, 0.15) is 35.7 Å². The Morgan fingerprint density at radius 3 is 2.50 bits per heavy atom. The van der Waals surface area contributed by atoms with Crippen LogP contribution in [0.5, 0.6) is 5.75 Å². The Labute approximate surface area is 129 Å². The molecule has 0 spiro atoms. The molecule has 1 aromatic carbocycles. The summed E-state index contributed by atoms with van der Waals surface area (Å²) in [7, 11) is 0. The van der Waals surface area contributed by atoms with E-state index < -0.39 is 0 Å². The maximum atomic E-state index is 11.8. The molecule has 0 bridgehead atoms. The van der Waals surface area contributed by atoms with Crippen LogP contribution in [0.25, 0.3) is 0 Å². The predicted molar refractivity (Wildman–Crippen MR) is 85.4 cm³/mol. The van der Waals surface area contributed by atoms with Gasteiger partial charge in [-0.2, -0.15) is 0 Å². The zero-order chi connectivity index (χ0) is 15.9. The molecule has 0 saturated heterocycles. The van der Waals surface area contributed by atoms with E-state index in [9.17, 15) is 9.59 Å². The van der Waals surface area contributed by atoms with Crippen molar-refractivity contribution in [1.82, 2.24) is 10.3 Å². The van der Waals surface area contributed by atoms with E-state index in [1.54, 1.807) is 0 Å². The van der Waals surface area contributed by atoms with Gasteiger partial charge in [0.1, 0.15) is 12.4 Å². The monoisotopic (exact) mass is 300 g/mol. The summed E-state index contributed by atoms with van der Waals surface area (Å²) in [6.07, 6.45) is 1.39. The number of aromatic amines is 1. The van der Waals surface area contributed by atoms with Crippen molar-refractivity contribution in [1.29, 1.82) is 0 Å². The number of rotatable bonds is 6. The smallest absolute Gasteiger partial charge is 0.252 e. The quantitative estimate of drug-likeness (QED) is 0.804. The molecule has 5 nitrogen and oxygen atoms in total. The van der Waals surface area contributed by atoms with Crippen molar-refractivity contribution >= 4 is 5.91 Å². The third kappa shape index (κ3) is 4.48. The van der Waals surface area contributed by atoms with Crippen LogP contribution in [0.2, 0.25) is 0 Å². The molecule has 0 radical (unpaired) electrons. The molecule has 0 aliphatic rings. The van der Waals surface area contributed by atoms with E-state index in [1.165, 1.54) is 23.9 Å². The van der Waals surface area contributed by atoms with E-state index in [1.807, 2.05) is 24.3 Å². The molecule has 2 N–H and O–H groups in total. The van der Waals surface area contributed by atoms with Crippen LogP contribution in [0.3, 0.4) is 0 Å². The van der Waals surface area contributed by atoms with Crippen molar-refractivity contribution in [2.75, 3.05) is 13.2 Å². The zero-order valence-corrected chi connectivity index (χ0v) is 12.8. The van der Waals surface area contributed by atoms with Gasteiger partial charge in [0.2, 0.25) is 5.56 Å². The van der Waals surface area contributed by atoms with Crippen molar-refractivity contribution in [2.45, 2.75) is 19.8 Å². The summed E-state index contributed by atoms with van der Waals surface area (Å²) in [5.74, 6) is 1.03. The van der Waals surface area contributed by atoms with Crippen LogP contribution in [0.15, 0.2) is 47.4 Å². The topological polar surface area (TPSA) is 71.2 Å². The van der Waals surface area contributed by atoms with Gasteiger partial charge < -0.3 is 15.0 Å². The zero-order valence-electron chi connectivity index (χ0n) is 12.8. The molecular formula is C17H20N2O3. The van der Waals surface area contributed by atoms with E-state index in [4.69, 9.17) is 4.74 Å². The maximum Gasteiger partial charge on any atom is 0.252 e. The van der Waals surface area contributed by atoms with Crippen LogP contribution in [-0.2, 0) is 0 Å². The molecule has 1 amide bonds. The molecule has 0 aliphatic heterocycles. The Morgan fingerprint density at radius 1 is 1.18 bits per heavy atom. The highest BCUT2D eigenvalue weighted by Crippen LogP contribution is 2.18. The highest BCUT2D eigenvalue weighted by atomic mass is 16.5. The van der Waals surface area contributed by atoms with Crippen molar-refractivity contribution in [3.8, 4) is 5.75 Å². The van der Waals surface area contributed by atoms with Gasteiger partial charge in [-0.15, -0.1) is 0 Å². The van der Waals surface area contributed by atoms with E-state index >= 15 is 0 Å². The molecule has 2 rings (SSSR count). The summed E-state index contributed by atoms with van der Waals surface area (Å²) in [5.41, 5.74) is 1.45. The van der Waals surface area contributed by atoms with Crippen molar-refractivity contribution in [3.05, 3.63) is 64.1 Å². The summed E-state index contributed by atoms with van der Waals surface area (Å²) in [5, 5.41) is 2.73. The molecule has 22 heavy (non-hydrogen) atoms. The first-order valence-corrected chi connectivity index (χ1v) is 7.26. The summed E-state index contributed by atoms with van der Waals surface area (Å²) in [6.45, 7) is 5.06. The Kier molecular flexibility index (Phi) is 5.36. The average molecular weight is 300 g/mol. The van der Waals surface area contributed by atoms with Gasteiger partial charge in [-0.05, 0) is 29.7 Å². The third-order valence-corrected chi connectivity index (χ3v) is 3.25. The number of hydrogen-bond acceptors (Lipinski definition) is 3. The molecule has 2 aromatic rings. The number of nitrogens with one attached hydrogen (secondary N) is 2. The summed E-state index contributed by atoms with van der Waals surface area (Å²) in [4.78, 5) is 25.2. The molecule has 0 unspecified atom stereocenters. The third-order valence-electron chi connectivity index (χ3n) is 3.25. The molecule has 0 fully saturated rings. The van der Waals surface area contributed by atoms with Gasteiger partial charge in [0.25, 0.3) is 5.91 Å². The molecule has 116 valence electrons. The van der Waals surface area contributed by atoms with E-state index in [0.29, 0.717) is 24.6 Å². The standard InChI is InChI=1S/C17H20N2O3/c1-12(2)13-3-6-15(7-4-13)22-10-9-18-17(21)14-5-8-16(20)19-11-14/h3-8,11-12H,9-10H2,1-2H3,(H,18,21)(H,19,20). The number of carbonyl (C=O) groups is 1. The normalized spacial score (nSPS) is 10.5. The maximum absolute atomic E-state index is 11.8. The Balaban J connectivity index is 1.75. The Hall–Kier alpha value is -2.56. The minimum atomic E-state index is -0.241. The minimum absolute atomic E-state index is 0.232. The number of H-pyrrole nitrogens is 1. The average Bonchev–Trinajstić information content (AvgIpc) is 2.52. The Morgan fingerprint density at radius 2 is 1.91 bits per heavy atom. The van der Waals surface area contributed by atoms with Gasteiger partial charge in [0, 0.05) is 12.3 Å². The highest BCUT2D eigenvalue weighted by molar-refractivity contribution is 5.93. The summed E-state index contributed by atoms with van der Waals surface area (Å²) < 4.78 is 5.57. The molecular weight excluding hydrogens is 280 g/mol. The van der Waals surface area contributed by atoms with E-state index in [0.717, 1.165) is 5.75 Å². The lowest BCUT2D eigenvalue weighted by Crippen LogP contribution is -2.28. The van der Waals surface area contributed by atoms with Crippen LogP contribution in [0.4, 0.5) is 0 Å². The first kappa shape index (κ1) is 15.8. The molecule has 1 aromatic heterocycles. The van der Waals surface area contributed by atoms with Gasteiger partial charge in [0.05, 0.1) is 12.1 Å². The largest absolute Gasteiger partial charge is 0.492 e. The van der Waals surface area contributed by atoms with Crippen LogP contribution in [0, 0.1) is 0 Å². The summed E-state index contributed by atoms with van der Waals surface area (Å²) in [6, 6.07) is 10.7. The first-order chi connectivity index (χ1) is 10.6. The fourth-order valence-corrected chi connectivity index (χ4v) is 1.94. The molecule has 1 heterocycles. The van der Waals surface area contributed by atoms with Crippen molar-refractivity contribution < 1.29 is 9.53 Å². The first-order valence-electron chi connectivity index (χ1n) is 7.26. The Bertz CT molecular complexity index is 655. The van der Waals surface area contributed by atoms with Gasteiger partial charge in [-0.1, -0.05) is 26.0 Å². The lowest BCUT2D eigenvalue weighted by atomic mass is 10.0. The lowest BCUT2D eigenvalue weighted by Gasteiger charge is -2.09. The number of aromatic nitrogens is 1. The van der Waals surface area contributed by atoms with Gasteiger partial charge >= 0.3 is 0 Å². The fourth-order valence-electron chi connectivity index (χ4n) is 1.94. The SMILES string of the molecule is CC(C)c1ccc(OCCNC(=O)c2ccc(=O)[nH]c2)cc1. The molecule has 0 aliphatic carbocycles. The van der Waals surface area contributed by atoms with Crippen molar-refractivity contribution in [3.63, 3.8) is 0 Å². The fraction of sp³-hybridized carbons (Fsp3) is 0.294. The van der Waals surface area contributed by atoms with Crippen molar-refractivity contribution in [2.24, 2.45) is 0 Å². The van der Waals surface area contributed by atoms with Gasteiger partial charge in [0.15, 0.2) is 0 Å². The second-order valence-corrected chi connectivity index (χ2v) is 5.27. The van der Waals surface area contributed by atoms with Gasteiger partial charge in [-0.25, -0.2) is 0 Å². The molecule has 5 heteroatoms. The molecule has 0 saturated carbocycles. The predicted octanol–water partition coefficient (Wildman–Crippen LogP) is 2.31. The highest BCUT2D eigenvalue weighted by Gasteiger charge is 2.04. The number of ether oxygens (including phenoxy) is 1. The number of carbonyl (C=O) groups excluding carboxylic acids is 1. The molecule has 0 atom stereocenters. The second-order valence-electron chi connectivity index (χ2n) is 5.27. The number of hydrogen-bond donors (Lipinski definition) is 2. The minimum Gasteiger partial charge on any atom is -0.492 e. The van der Waals surface area contributed by atoms with Crippen LogP contribution >= 0.6 is 0 Å². The number of benzene rings is 1. The van der Waals surface area contributed by atoms with Gasteiger partial charge in [-0.3, -0.25) is 9.59 Å². The van der Waals surface area contributed by atoms with E-state index in [-0.39, 0.29) is 11.5 Å². The second kappa shape index (κ2) is 7.45. The van der Waals surface area contributed by atoms with E-state index in [2.05, 4.69) is 24.1 Å². The number of amides is 1. The van der Waals surface area contributed by atoms with Crippen LogP contribution < -0.4 is 15.6 Å². The van der Waals surface area contributed by atoms with Crippen LogP contribution in [-0.4, -0.2) is 24.0 Å². The number of pyridine rings is 1. The lowest BCUT2D eigenvalue weighted by molar-refractivity contribution is 0.0946. The summed E-state index contributed by atoms with van der Waals surface area (Å²) >= 11 is 0.